The van der Waals surface area contributed by atoms with Crippen molar-refractivity contribution in [2.75, 3.05) is 12.4 Å². The molecular formula is C28H35N3. The van der Waals surface area contributed by atoms with Crippen molar-refractivity contribution in [3.8, 4) is 0 Å². The predicted octanol–water partition coefficient (Wildman–Crippen LogP) is 7.19. The van der Waals surface area contributed by atoms with Gasteiger partial charge in [-0.25, -0.2) is 0 Å². The Morgan fingerprint density at radius 1 is 0.903 bits per heavy atom. The molecule has 0 aliphatic heterocycles. The lowest BCUT2D eigenvalue weighted by Crippen LogP contribution is -2.10. The van der Waals surface area contributed by atoms with E-state index in [-0.39, 0.29) is 0 Å². The molecule has 0 spiro atoms. The number of hydrogen-bond acceptors (Lipinski definition) is 3. The Morgan fingerprint density at radius 2 is 1.55 bits per heavy atom. The Balaban J connectivity index is 0.00000166. The van der Waals surface area contributed by atoms with Crippen molar-refractivity contribution in [3.05, 3.63) is 102 Å². The summed E-state index contributed by atoms with van der Waals surface area (Å²) in [6.07, 6.45) is 7.97. The van der Waals surface area contributed by atoms with E-state index in [9.17, 15) is 0 Å². The van der Waals surface area contributed by atoms with Gasteiger partial charge in [-0.3, -0.25) is 9.98 Å². The zero-order chi connectivity index (χ0) is 22.5. The molecule has 0 fully saturated rings. The van der Waals surface area contributed by atoms with Crippen LogP contribution in [0.4, 0.5) is 5.69 Å². The predicted molar refractivity (Wildman–Crippen MR) is 136 cm³/mol. The van der Waals surface area contributed by atoms with Gasteiger partial charge in [-0.15, -0.1) is 0 Å². The SMILES string of the molecule is C=C(Nc1ccc(CCCC)cc1)c1ccccc1C(Cc1ccncc1)=NC.CC. The van der Waals surface area contributed by atoms with Crippen molar-refractivity contribution < 1.29 is 0 Å². The van der Waals surface area contributed by atoms with Crippen LogP contribution in [-0.4, -0.2) is 17.7 Å². The molecule has 31 heavy (non-hydrogen) atoms. The third-order valence-electron chi connectivity index (χ3n) is 5.02. The van der Waals surface area contributed by atoms with Crippen LogP contribution in [0.25, 0.3) is 5.70 Å². The normalized spacial score (nSPS) is 10.8. The van der Waals surface area contributed by atoms with Crippen molar-refractivity contribution in [1.29, 1.82) is 0 Å². The van der Waals surface area contributed by atoms with Gasteiger partial charge in [-0.2, -0.15) is 0 Å². The van der Waals surface area contributed by atoms with Crippen molar-refractivity contribution in [1.82, 2.24) is 4.98 Å². The minimum absolute atomic E-state index is 0.759. The monoisotopic (exact) mass is 413 g/mol. The number of pyridine rings is 1. The largest absolute Gasteiger partial charge is 0.356 e. The second-order valence-electron chi connectivity index (χ2n) is 7.15. The number of anilines is 1. The first-order valence-corrected chi connectivity index (χ1v) is 11.2. The maximum absolute atomic E-state index is 4.57. The lowest BCUT2D eigenvalue weighted by atomic mass is 9.96. The van der Waals surface area contributed by atoms with E-state index >= 15 is 0 Å². The summed E-state index contributed by atoms with van der Waals surface area (Å²) >= 11 is 0. The number of unbranched alkanes of at least 4 members (excludes halogenated alkanes) is 1. The van der Waals surface area contributed by atoms with E-state index < -0.39 is 0 Å². The standard InChI is InChI=1S/C26H29N3.C2H6/c1-4-5-8-21-11-13-23(14-12-21)29-20(2)24-9-6-7-10-25(24)26(27-3)19-22-15-17-28-18-16-22;1-2/h6-7,9-18,29H,2,4-5,8,19H2,1,3H3;1-2H3. The van der Waals surface area contributed by atoms with Crippen LogP contribution in [0.3, 0.4) is 0 Å². The van der Waals surface area contributed by atoms with Gasteiger partial charge in [-0.1, -0.05) is 70.2 Å². The summed E-state index contributed by atoms with van der Waals surface area (Å²) in [4.78, 5) is 8.67. The molecule has 1 N–H and O–H groups in total. The zero-order valence-electron chi connectivity index (χ0n) is 19.4. The molecule has 0 radical (unpaired) electrons. The van der Waals surface area contributed by atoms with Crippen LogP contribution in [0.1, 0.15) is 55.9 Å². The van der Waals surface area contributed by atoms with Crippen LogP contribution in [0.5, 0.6) is 0 Å². The minimum Gasteiger partial charge on any atom is -0.356 e. The number of aromatic nitrogens is 1. The maximum atomic E-state index is 4.57. The van der Waals surface area contributed by atoms with Crippen molar-refractivity contribution in [2.45, 2.75) is 46.5 Å². The van der Waals surface area contributed by atoms with E-state index in [1.807, 2.05) is 57.6 Å². The summed E-state index contributed by atoms with van der Waals surface area (Å²) in [6, 6.07) is 21.0. The van der Waals surface area contributed by atoms with Crippen molar-refractivity contribution in [2.24, 2.45) is 4.99 Å². The van der Waals surface area contributed by atoms with E-state index in [0.717, 1.165) is 41.1 Å². The third kappa shape index (κ3) is 7.21. The summed E-state index contributed by atoms with van der Waals surface area (Å²) in [5.41, 5.74) is 7.69. The first-order valence-electron chi connectivity index (χ1n) is 11.2. The number of aryl methyl sites for hydroxylation is 1. The zero-order valence-corrected chi connectivity index (χ0v) is 19.4. The molecule has 2 aromatic carbocycles. The molecule has 162 valence electrons. The lowest BCUT2D eigenvalue weighted by Gasteiger charge is -2.16. The molecule has 0 saturated heterocycles. The Kier molecular flexibility index (Phi) is 10.2. The van der Waals surface area contributed by atoms with E-state index in [2.05, 4.69) is 65.2 Å². The van der Waals surface area contributed by atoms with Gasteiger partial charge < -0.3 is 5.32 Å². The number of nitrogens with one attached hydrogen (secondary N) is 1. The number of benzene rings is 2. The number of aliphatic imine (C=N–C) groups is 1. The summed E-state index contributed by atoms with van der Waals surface area (Å²) < 4.78 is 0. The van der Waals surface area contributed by atoms with Gasteiger partial charge in [0.1, 0.15) is 0 Å². The molecule has 0 aliphatic carbocycles. The van der Waals surface area contributed by atoms with Crippen LogP contribution < -0.4 is 5.32 Å². The molecule has 1 heterocycles. The van der Waals surface area contributed by atoms with E-state index in [1.54, 1.807) is 0 Å². The molecule has 0 unspecified atom stereocenters. The van der Waals surface area contributed by atoms with E-state index in [0.29, 0.717) is 0 Å². The Bertz CT molecular complexity index is 957. The summed E-state index contributed by atoms with van der Waals surface area (Å²) in [5.74, 6) is 0. The Hall–Kier alpha value is -3.20. The summed E-state index contributed by atoms with van der Waals surface area (Å²) in [7, 11) is 1.85. The lowest BCUT2D eigenvalue weighted by molar-refractivity contribution is 0.795. The van der Waals surface area contributed by atoms with Crippen molar-refractivity contribution in [3.63, 3.8) is 0 Å². The molecule has 3 nitrogen and oxygen atoms in total. The molecule has 0 atom stereocenters. The fourth-order valence-corrected chi connectivity index (χ4v) is 3.36. The van der Waals surface area contributed by atoms with Crippen LogP contribution >= 0.6 is 0 Å². The number of nitrogens with zero attached hydrogens (tertiary/aromatic N) is 2. The molecule has 3 heteroatoms. The quantitative estimate of drug-likeness (QED) is 0.377. The van der Waals surface area contributed by atoms with Gasteiger partial charge in [-0.05, 0) is 48.2 Å². The van der Waals surface area contributed by atoms with Gasteiger partial charge in [0.2, 0.25) is 0 Å². The first kappa shape index (κ1) is 24.1. The highest BCUT2D eigenvalue weighted by atomic mass is 14.9. The molecule has 1 aromatic heterocycles. The van der Waals surface area contributed by atoms with Crippen LogP contribution in [-0.2, 0) is 12.8 Å². The molecule has 0 saturated carbocycles. The van der Waals surface area contributed by atoms with Gasteiger partial charge in [0.05, 0.1) is 0 Å². The van der Waals surface area contributed by atoms with E-state index in [4.69, 9.17) is 0 Å². The van der Waals surface area contributed by atoms with Crippen molar-refractivity contribution >= 4 is 17.1 Å². The second-order valence-corrected chi connectivity index (χ2v) is 7.15. The van der Waals surface area contributed by atoms with Gasteiger partial charge in [0.25, 0.3) is 0 Å². The molecule has 0 amide bonds. The minimum atomic E-state index is 0.759. The number of rotatable bonds is 9. The average Bonchev–Trinajstić information content (AvgIpc) is 2.84. The van der Waals surface area contributed by atoms with Crippen LogP contribution in [0.15, 0.2) is 84.6 Å². The second kappa shape index (κ2) is 13.2. The highest BCUT2D eigenvalue weighted by Crippen LogP contribution is 2.23. The number of hydrogen-bond donors (Lipinski definition) is 1. The highest BCUT2D eigenvalue weighted by Gasteiger charge is 2.12. The maximum Gasteiger partial charge on any atom is 0.0467 e. The Labute approximate surface area is 188 Å². The van der Waals surface area contributed by atoms with Crippen LogP contribution in [0.2, 0.25) is 0 Å². The molecule has 3 aromatic rings. The fourth-order valence-electron chi connectivity index (χ4n) is 3.36. The van der Waals surface area contributed by atoms with E-state index in [1.165, 1.54) is 24.0 Å². The topological polar surface area (TPSA) is 37.3 Å². The molecule has 0 bridgehead atoms. The van der Waals surface area contributed by atoms with Crippen LogP contribution in [0, 0.1) is 0 Å². The highest BCUT2D eigenvalue weighted by molar-refractivity contribution is 6.06. The third-order valence-corrected chi connectivity index (χ3v) is 5.02. The Morgan fingerprint density at radius 3 is 2.16 bits per heavy atom. The summed E-state index contributed by atoms with van der Waals surface area (Å²) in [5, 5.41) is 3.47. The smallest absolute Gasteiger partial charge is 0.0467 e. The molecule has 3 rings (SSSR count). The van der Waals surface area contributed by atoms with Gasteiger partial charge >= 0.3 is 0 Å². The first-order chi connectivity index (χ1) is 15.2. The fraction of sp³-hybridized carbons (Fsp3) is 0.286. The summed E-state index contributed by atoms with van der Waals surface area (Å²) in [6.45, 7) is 10.5. The molecule has 0 aliphatic rings. The van der Waals surface area contributed by atoms with Gasteiger partial charge in [0.15, 0.2) is 0 Å². The average molecular weight is 414 g/mol. The van der Waals surface area contributed by atoms with Gasteiger partial charge in [0, 0.05) is 54.1 Å². The molecular weight excluding hydrogens is 378 g/mol.